The molecule has 1 heterocycles. The number of carbonyl (C=O) groups excluding carboxylic acids is 1. The van der Waals surface area contributed by atoms with Gasteiger partial charge in [-0.1, -0.05) is 138 Å². The van der Waals surface area contributed by atoms with Gasteiger partial charge in [0.2, 0.25) is 5.91 Å². The maximum Gasteiger partial charge on any atom is 0.220 e. The molecule has 0 aromatic carbocycles. The summed E-state index contributed by atoms with van der Waals surface area (Å²) in [4.78, 5) is 12.9. The van der Waals surface area contributed by atoms with Gasteiger partial charge in [0.15, 0.2) is 6.29 Å². The Morgan fingerprint density at radius 2 is 1.19 bits per heavy atom. The van der Waals surface area contributed by atoms with Crippen LogP contribution in [0.1, 0.15) is 142 Å². The van der Waals surface area contributed by atoms with E-state index in [9.17, 15) is 30.3 Å². The standard InChI is InChI=1S/C44H75NO8/c1-3-5-7-9-11-13-15-17-19-21-23-25-27-29-31-33-38(47)37(36-52-44-43(51)42(50)41(49)39(35-46)53-44)45-40(48)34-32-30-28-26-24-22-20-18-16-14-12-10-8-6-4-2/h6,8,12,14,18,20,23-26,31,33,37-39,41-44,46-47,49-51H,3-5,7,9-11,13,15-17,19,21-22,27-30,32,34-36H2,1-2H3,(H,45,48)/b8-6-,14-12-,20-18-,25-23+,26-24-,33-31+. The average Bonchev–Trinajstić information content (AvgIpc) is 3.16. The van der Waals surface area contributed by atoms with Crippen molar-refractivity contribution in [3.8, 4) is 0 Å². The number of hydrogen-bond acceptors (Lipinski definition) is 8. The highest BCUT2D eigenvalue weighted by molar-refractivity contribution is 5.76. The monoisotopic (exact) mass is 746 g/mol. The van der Waals surface area contributed by atoms with Crippen molar-refractivity contribution in [2.45, 2.75) is 185 Å². The van der Waals surface area contributed by atoms with Crippen LogP contribution in [0, 0.1) is 0 Å². The topological polar surface area (TPSA) is 149 Å². The quantitative estimate of drug-likeness (QED) is 0.0302. The Morgan fingerprint density at radius 1 is 0.660 bits per heavy atom. The van der Waals surface area contributed by atoms with Gasteiger partial charge in [-0.15, -0.1) is 0 Å². The summed E-state index contributed by atoms with van der Waals surface area (Å²) in [6, 6.07) is -0.845. The second kappa shape index (κ2) is 34.1. The lowest BCUT2D eigenvalue weighted by atomic mass is 9.99. The Labute approximate surface area is 321 Å². The van der Waals surface area contributed by atoms with E-state index in [-0.39, 0.29) is 18.9 Å². The number of hydrogen-bond donors (Lipinski definition) is 6. The van der Waals surface area contributed by atoms with Crippen LogP contribution in [0.25, 0.3) is 0 Å². The molecule has 7 atom stereocenters. The van der Waals surface area contributed by atoms with E-state index in [0.29, 0.717) is 6.42 Å². The van der Waals surface area contributed by atoms with E-state index >= 15 is 0 Å². The second-order valence-corrected chi connectivity index (χ2v) is 14.0. The van der Waals surface area contributed by atoms with Gasteiger partial charge in [0, 0.05) is 6.42 Å². The molecule has 1 fully saturated rings. The predicted octanol–water partition coefficient (Wildman–Crippen LogP) is 7.83. The normalized spacial score (nSPS) is 22.4. The predicted molar refractivity (Wildman–Crippen MR) is 216 cm³/mol. The van der Waals surface area contributed by atoms with Crippen molar-refractivity contribution in [1.29, 1.82) is 0 Å². The highest BCUT2D eigenvalue weighted by Gasteiger charge is 2.44. The fourth-order valence-corrected chi connectivity index (χ4v) is 5.92. The van der Waals surface area contributed by atoms with Gasteiger partial charge in [-0.3, -0.25) is 4.79 Å². The molecule has 1 saturated heterocycles. The molecule has 53 heavy (non-hydrogen) atoms. The first-order chi connectivity index (χ1) is 25.8. The number of unbranched alkanes of at least 4 members (excludes halogenated alkanes) is 12. The first kappa shape index (κ1) is 48.6. The summed E-state index contributed by atoms with van der Waals surface area (Å²) in [5.74, 6) is -0.232. The summed E-state index contributed by atoms with van der Waals surface area (Å²) in [5.41, 5.74) is 0. The minimum Gasteiger partial charge on any atom is -0.394 e. The first-order valence-electron chi connectivity index (χ1n) is 20.7. The molecule has 9 heteroatoms. The molecule has 9 nitrogen and oxygen atoms in total. The summed E-state index contributed by atoms with van der Waals surface area (Å²) in [6.07, 6.45) is 38.0. The molecule has 0 saturated carbocycles. The number of rotatable bonds is 32. The number of amides is 1. The molecule has 1 aliphatic heterocycles. The summed E-state index contributed by atoms with van der Waals surface area (Å²) < 4.78 is 11.1. The Bertz CT molecular complexity index is 1050. The molecule has 0 bridgehead atoms. The molecule has 1 amide bonds. The number of aliphatic hydroxyl groups excluding tert-OH is 5. The van der Waals surface area contributed by atoms with Crippen LogP contribution in [-0.2, 0) is 14.3 Å². The molecule has 6 N–H and O–H groups in total. The maximum atomic E-state index is 12.9. The third-order valence-electron chi connectivity index (χ3n) is 9.26. The van der Waals surface area contributed by atoms with Gasteiger partial charge < -0.3 is 40.3 Å². The molecule has 1 aliphatic rings. The fourth-order valence-electron chi connectivity index (χ4n) is 5.92. The Kier molecular flexibility index (Phi) is 31.3. The van der Waals surface area contributed by atoms with Crippen molar-refractivity contribution < 1.29 is 39.8 Å². The number of aliphatic hydroxyl groups is 5. The van der Waals surface area contributed by atoms with E-state index in [4.69, 9.17) is 9.47 Å². The van der Waals surface area contributed by atoms with E-state index in [1.807, 2.05) is 6.08 Å². The van der Waals surface area contributed by atoms with E-state index in [1.54, 1.807) is 6.08 Å². The van der Waals surface area contributed by atoms with Crippen LogP contribution >= 0.6 is 0 Å². The van der Waals surface area contributed by atoms with Crippen molar-refractivity contribution in [2.75, 3.05) is 13.2 Å². The van der Waals surface area contributed by atoms with Crippen LogP contribution in [-0.4, -0.2) is 87.5 Å². The molecule has 1 rings (SSSR count). The summed E-state index contributed by atoms with van der Waals surface area (Å²) in [6.45, 7) is 3.58. The molecule has 0 radical (unpaired) electrons. The maximum absolute atomic E-state index is 12.9. The number of carbonyl (C=O) groups is 1. The smallest absolute Gasteiger partial charge is 0.220 e. The van der Waals surface area contributed by atoms with Crippen LogP contribution in [0.4, 0.5) is 0 Å². The largest absolute Gasteiger partial charge is 0.394 e. The zero-order valence-electron chi connectivity index (χ0n) is 33.0. The van der Waals surface area contributed by atoms with Crippen molar-refractivity contribution >= 4 is 5.91 Å². The van der Waals surface area contributed by atoms with Crippen LogP contribution in [0.15, 0.2) is 72.9 Å². The zero-order valence-corrected chi connectivity index (χ0v) is 33.0. The Balaban J connectivity index is 2.49. The van der Waals surface area contributed by atoms with E-state index in [2.05, 4.69) is 79.9 Å². The molecule has 0 aromatic heterocycles. The molecule has 304 valence electrons. The van der Waals surface area contributed by atoms with Crippen molar-refractivity contribution in [3.63, 3.8) is 0 Å². The molecule has 0 aromatic rings. The average molecular weight is 746 g/mol. The minimum atomic E-state index is -1.58. The lowest BCUT2D eigenvalue weighted by molar-refractivity contribution is -0.302. The first-order valence-corrected chi connectivity index (χ1v) is 20.7. The summed E-state index contributed by atoms with van der Waals surface area (Å²) in [7, 11) is 0. The fraction of sp³-hybridized carbons (Fsp3) is 0.705. The van der Waals surface area contributed by atoms with Gasteiger partial charge >= 0.3 is 0 Å². The van der Waals surface area contributed by atoms with E-state index < -0.39 is 49.5 Å². The Morgan fingerprint density at radius 3 is 1.81 bits per heavy atom. The van der Waals surface area contributed by atoms with Gasteiger partial charge in [0.25, 0.3) is 0 Å². The number of nitrogens with one attached hydrogen (secondary N) is 1. The highest BCUT2D eigenvalue weighted by Crippen LogP contribution is 2.22. The molecule has 0 spiro atoms. The van der Waals surface area contributed by atoms with Gasteiger partial charge in [0.05, 0.1) is 25.4 Å². The zero-order chi connectivity index (χ0) is 38.8. The third-order valence-corrected chi connectivity index (χ3v) is 9.26. The summed E-state index contributed by atoms with van der Waals surface area (Å²) in [5, 5.41) is 54.0. The van der Waals surface area contributed by atoms with Crippen molar-refractivity contribution in [3.05, 3.63) is 72.9 Å². The van der Waals surface area contributed by atoms with E-state index in [0.717, 1.165) is 57.8 Å². The molecular formula is C44H75NO8. The number of ether oxygens (including phenoxy) is 2. The summed E-state index contributed by atoms with van der Waals surface area (Å²) >= 11 is 0. The van der Waals surface area contributed by atoms with Crippen LogP contribution < -0.4 is 5.32 Å². The SMILES string of the molecule is CC/C=C\C/C=C\C/C=C\C/C=C\CCCCC(=O)NC(COC1OC(CO)C(O)C(O)C1O)C(O)/C=C/CC/C=C/CCCCCCCCCCC. The van der Waals surface area contributed by atoms with Gasteiger partial charge in [-0.05, 0) is 70.6 Å². The molecular weight excluding hydrogens is 670 g/mol. The Hall–Kier alpha value is -2.37. The van der Waals surface area contributed by atoms with Crippen molar-refractivity contribution in [2.24, 2.45) is 0 Å². The van der Waals surface area contributed by atoms with Crippen LogP contribution in [0.5, 0.6) is 0 Å². The number of allylic oxidation sites excluding steroid dienone is 11. The van der Waals surface area contributed by atoms with Gasteiger partial charge in [-0.25, -0.2) is 0 Å². The van der Waals surface area contributed by atoms with Crippen molar-refractivity contribution in [1.82, 2.24) is 5.32 Å². The second-order valence-electron chi connectivity index (χ2n) is 14.0. The third kappa shape index (κ3) is 25.4. The van der Waals surface area contributed by atoms with Gasteiger partial charge in [0.1, 0.15) is 24.4 Å². The van der Waals surface area contributed by atoms with Crippen LogP contribution in [0.3, 0.4) is 0 Å². The molecule has 0 aliphatic carbocycles. The lowest BCUT2D eigenvalue weighted by Gasteiger charge is -2.40. The van der Waals surface area contributed by atoms with Gasteiger partial charge in [-0.2, -0.15) is 0 Å². The van der Waals surface area contributed by atoms with E-state index in [1.165, 1.54) is 57.8 Å². The lowest BCUT2D eigenvalue weighted by Crippen LogP contribution is -2.60. The minimum absolute atomic E-state index is 0.222. The van der Waals surface area contributed by atoms with Crippen LogP contribution in [0.2, 0.25) is 0 Å². The highest BCUT2D eigenvalue weighted by atomic mass is 16.7. The molecule has 7 unspecified atom stereocenters.